The number of amides is 2. The Morgan fingerprint density at radius 3 is 2.54 bits per heavy atom. The molecule has 4 aromatic rings. The van der Waals surface area contributed by atoms with Gasteiger partial charge in [-0.1, -0.05) is 59.0 Å². The zero-order chi connectivity index (χ0) is 27.7. The molecule has 0 atom stereocenters. The molecular formula is C25H24F3N7O3S. The van der Waals surface area contributed by atoms with E-state index in [0.717, 1.165) is 24.1 Å². The number of aromatic amines is 1. The summed E-state index contributed by atoms with van der Waals surface area (Å²) < 4.78 is 41.1. The highest BCUT2D eigenvalue weighted by molar-refractivity contribution is 7.15. The van der Waals surface area contributed by atoms with Gasteiger partial charge < -0.3 is 15.0 Å². The van der Waals surface area contributed by atoms with Gasteiger partial charge in [-0.3, -0.25) is 14.7 Å². The molecule has 0 bridgehead atoms. The largest absolute Gasteiger partial charge is 0.573 e. The molecule has 2 N–H and O–H groups in total. The SMILES string of the molecule is O=C(Cc1cccc(OC(F)(F)F)c1)Nc1nnc(CCCCN(Cc2ccccc2)C(=O)c2c[nH]nn2)s1. The lowest BCUT2D eigenvalue weighted by Crippen LogP contribution is -2.32. The molecule has 0 aliphatic heterocycles. The minimum Gasteiger partial charge on any atom is -0.406 e. The Kier molecular flexibility index (Phi) is 9.20. The number of alkyl halides is 3. The minimum atomic E-state index is -4.81. The Labute approximate surface area is 225 Å². The number of benzene rings is 2. The summed E-state index contributed by atoms with van der Waals surface area (Å²) in [5.74, 6) is -1.05. The van der Waals surface area contributed by atoms with Gasteiger partial charge in [-0.2, -0.15) is 0 Å². The maximum absolute atomic E-state index is 12.9. The first-order valence-corrected chi connectivity index (χ1v) is 12.7. The quantitative estimate of drug-likeness (QED) is 0.247. The van der Waals surface area contributed by atoms with Crippen LogP contribution in [0.15, 0.2) is 60.8 Å². The van der Waals surface area contributed by atoms with Gasteiger partial charge in [-0.25, -0.2) is 0 Å². The molecule has 0 saturated heterocycles. The molecule has 4 rings (SSSR count). The number of hydrogen-bond donors (Lipinski definition) is 2. The third-order valence-corrected chi connectivity index (χ3v) is 6.32. The van der Waals surface area contributed by atoms with E-state index in [2.05, 4.69) is 35.7 Å². The number of carbonyl (C=O) groups excluding carboxylic acids is 2. The number of anilines is 1. The molecule has 0 unspecified atom stereocenters. The number of aromatic nitrogens is 5. The summed E-state index contributed by atoms with van der Waals surface area (Å²) in [4.78, 5) is 26.9. The highest BCUT2D eigenvalue weighted by Crippen LogP contribution is 2.24. The van der Waals surface area contributed by atoms with Crippen LogP contribution in [0.5, 0.6) is 5.75 Å². The summed E-state index contributed by atoms with van der Waals surface area (Å²) in [6.45, 7) is 0.937. The van der Waals surface area contributed by atoms with E-state index in [1.165, 1.54) is 29.7 Å². The van der Waals surface area contributed by atoms with Crippen molar-refractivity contribution in [3.63, 3.8) is 0 Å². The van der Waals surface area contributed by atoms with Crippen molar-refractivity contribution in [2.45, 2.75) is 38.6 Å². The minimum absolute atomic E-state index is 0.152. The topological polar surface area (TPSA) is 126 Å². The first-order chi connectivity index (χ1) is 18.7. The highest BCUT2D eigenvalue weighted by atomic mass is 32.1. The Morgan fingerprint density at radius 1 is 1.00 bits per heavy atom. The monoisotopic (exact) mass is 559 g/mol. The van der Waals surface area contributed by atoms with Crippen LogP contribution in [0.4, 0.5) is 18.3 Å². The molecule has 0 aliphatic rings. The van der Waals surface area contributed by atoms with E-state index < -0.39 is 18.0 Å². The smallest absolute Gasteiger partial charge is 0.406 e. The van der Waals surface area contributed by atoms with Gasteiger partial charge in [-0.05, 0) is 36.1 Å². The summed E-state index contributed by atoms with van der Waals surface area (Å²) in [5, 5.41) is 21.7. The average Bonchev–Trinajstić information content (AvgIpc) is 3.58. The molecule has 0 spiro atoms. The number of rotatable bonds is 12. The van der Waals surface area contributed by atoms with Crippen LogP contribution in [0.2, 0.25) is 0 Å². The van der Waals surface area contributed by atoms with Gasteiger partial charge in [0.05, 0.1) is 12.6 Å². The number of carbonyl (C=O) groups is 2. The summed E-state index contributed by atoms with van der Waals surface area (Å²) in [6.07, 6.45) is -1.47. The van der Waals surface area contributed by atoms with Crippen molar-refractivity contribution in [3.05, 3.63) is 82.6 Å². The normalized spacial score (nSPS) is 11.3. The molecule has 0 fully saturated rings. The van der Waals surface area contributed by atoms with Crippen LogP contribution < -0.4 is 10.1 Å². The first kappa shape index (κ1) is 27.7. The lowest BCUT2D eigenvalue weighted by molar-refractivity contribution is -0.274. The fraction of sp³-hybridized carbons (Fsp3) is 0.280. The molecule has 2 amide bonds. The molecule has 2 aromatic heterocycles. The number of halogens is 3. The molecule has 0 saturated carbocycles. The zero-order valence-corrected chi connectivity index (χ0v) is 21.3. The van der Waals surface area contributed by atoms with Crippen molar-refractivity contribution >= 4 is 28.3 Å². The third kappa shape index (κ3) is 8.88. The Bertz CT molecular complexity index is 1360. The third-order valence-electron chi connectivity index (χ3n) is 5.42. The van der Waals surface area contributed by atoms with Crippen LogP contribution in [0.25, 0.3) is 0 Å². The van der Waals surface area contributed by atoms with E-state index in [1.54, 1.807) is 4.90 Å². The Hall–Kier alpha value is -4.33. The number of nitrogens with zero attached hydrogens (tertiary/aromatic N) is 5. The van der Waals surface area contributed by atoms with Crippen LogP contribution >= 0.6 is 11.3 Å². The molecule has 2 aromatic carbocycles. The Balaban J connectivity index is 1.25. The zero-order valence-electron chi connectivity index (χ0n) is 20.5. The highest BCUT2D eigenvalue weighted by Gasteiger charge is 2.31. The fourth-order valence-electron chi connectivity index (χ4n) is 3.71. The lowest BCUT2D eigenvalue weighted by atomic mass is 10.1. The van der Waals surface area contributed by atoms with E-state index >= 15 is 0 Å². The van der Waals surface area contributed by atoms with E-state index in [1.807, 2.05) is 30.3 Å². The fourth-order valence-corrected chi connectivity index (χ4v) is 4.51. The van der Waals surface area contributed by atoms with E-state index in [4.69, 9.17) is 0 Å². The van der Waals surface area contributed by atoms with Gasteiger partial charge in [0.1, 0.15) is 10.8 Å². The van der Waals surface area contributed by atoms with Crippen LogP contribution in [0.3, 0.4) is 0 Å². The summed E-state index contributed by atoms with van der Waals surface area (Å²) >= 11 is 1.22. The number of unbranched alkanes of at least 4 members (excludes halogenated alkanes) is 1. The Morgan fingerprint density at radius 2 is 1.79 bits per heavy atom. The summed E-state index contributed by atoms with van der Waals surface area (Å²) in [7, 11) is 0. The van der Waals surface area contributed by atoms with Crippen molar-refractivity contribution in [1.29, 1.82) is 0 Å². The molecule has 14 heteroatoms. The molecule has 10 nitrogen and oxygen atoms in total. The maximum Gasteiger partial charge on any atom is 0.573 e. The summed E-state index contributed by atoms with van der Waals surface area (Å²) in [6, 6.07) is 14.9. The standard InChI is InChI=1S/C25H24F3N7O3S/c26-25(27,28)38-19-10-6-9-18(13-19)14-21(36)30-24-33-32-22(39-24)11-4-5-12-35(16-17-7-2-1-3-8-17)23(37)20-15-29-34-31-20/h1-3,6-10,13,15H,4-5,11-12,14,16H2,(H,29,31,34)(H,30,33,36). The van der Waals surface area contributed by atoms with Crippen molar-refractivity contribution in [3.8, 4) is 5.75 Å². The second kappa shape index (κ2) is 13.0. The molecule has 0 aliphatic carbocycles. The van der Waals surface area contributed by atoms with Crippen molar-refractivity contribution in [1.82, 2.24) is 30.5 Å². The van der Waals surface area contributed by atoms with Crippen LogP contribution in [0, 0.1) is 0 Å². The van der Waals surface area contributed by atoms with Crippen LogP contribution in [-0.2, 0) is 24.2 Å². The molecule has 2 heterocycles. The summed E-state index contributed by atoms with van der Waals surface area (Å²) in [5.41, 5.74) is 1.60. The van der Waals surface area contributed by atoms with E-state index in [-0.39, 0.29) is 18.0 Å². The predicted molar refractivity (Wildman–Crippen MR) is 136 cm³/mol. The van der Waals surface area contributed by atoms with Crippen molar-refractivity contribution in [2.75, 3.05) is 11.9 Å². The molecule has 39 heavy (non-hydrogen) atoms. The number of H-pyrrole nitrogens is 1. The number of nitrogens with one attached hydrogen (secondary N) is 2. The van der Waals surface area contributed by atoms with E-state index in [9.17, 15) is 22.8 Å². The lowest BCUT2D eigenvalue weighted by Gasteiger charge is -2.21. The number of ether oxygens (including phenoxy) is 1. The number of aryl methyl sites for hydroxylation is 1. The van der Waals surface area contributed by atoms with Gasteiger partial charge in [0.2, 0.25) is 11.0 Å². The van der Waals surface area contributed by atoms with Crippen LogP contribution in [-0.4, -0.2) is 55.2 Å². The number of hydrogen-bond acceptors (Lipinski definition) is 8. The van der Waals surface area contributed by atoms with Crippen molar-refractivity contribution < 1.29 is 27.5 Å². The molecular weight excluding hydrogens is 535 g/mol. The second-order valence-electron chi connectivity index (χ2n) is 8.45. The van der Waals surface area contributed by atoms with E-state index in [0.29, 0.717) is 41.6 Å². The van der Waals surface area contributed by atoms with Gasteiger partial charge in [-0.15, -0.1) is 28.5 Å². The van der Waals surface area contributed by atoms with Gasteiger partial charge in [0, 0.05) is 19.5 Å². The second-order valence-corrected chi connectivity index (χ2v) is 9.51. The first-order valence-electron chi connectivity index (χ1n) is 11.9. The van der Waals surface area contributed by atoms with Crippen LogP contribution in [0.1, 0.15) is 39.5 Å². The van der Waals surface area contributed by atoms with Gasteiger partial charge in [0.25, 0.3) is 5.91 Å². The molecule has 204 valence electrons. The van der Waals surface area contributed by atoms with Gasteiger partial charge >= 0.3 is 6.36 Å². The van der Waals surface area contributed by atoms with Crippen molar-refractivity contribution in [2.24, 2.45) is 0 Å². The predicted octanol–water partition coefficient (Wildman–Crippen LogP) is 4.40. The van der Waals surface area contributed by atoms with Gasteiger partial charge in [0.15, 0.2) is 5.69 Å². The average molecular weight is 560 g/mol. The maximum atomic E-state index is 12.9. The molecule has 0 radical (unpaired) electrons.